The third kappa shape index (κ3) is 5.46. The molecular formula is C20H29N3O. The van der Waals surface area contributed by atoms with Crippen LogP contribution in [0, 0.1) is 6.92 Å². The maximum absolute atomic E-state index is 5.71. The minimum atomic E-state index is 0.694. The number of para-hydroxylation sites is 3. The van der Waals surface area contributed by atoms with E-state index in [1.807, 2.05) is 6.07 Å². The Balaban J connectivity index is 1.64. The molecule has 0 saturated heterocycles. The van der Waals surface area contributed by atoms with E-state index < -0.39 is 0 Å². The minimum absolute atomic E-state index is 0.694. The Morgan fingerprint density at radius 2 is 1.46 bits per heavy atom. The largest absolute Gasteiger partial charge is 0.383 e. The van der Waals surface area contributed by atoms with Gasteiger partial charge in [-0.25, -0.2) is 0 Å². The van der Waals surface area contributed by atoms with Crippen molar-refractivity contribution in [1.82, 2.24) is 0 Å². The standard InChI is InChI=1S/C20H29N3O/c1-4-23(3)20-12-8-7-11-19(20)22-14-16-24-15-13-21-18-10-6-5-9-17(18)2/h5-12,21-22H,4,13-16H2,1-3H3. The summed E-state index contributed by atoms with van der Waals surface area (Å²) in [6.45, 7) is 8.27. The second-order valence-corrected chi connectivity index (χ2v) is 5.81. The lowest BCUT2D eigenvalue weighted by Crippen LogP contribution is -2.19. The fraction of sp³-hybridized carbons (Fsp3) is 0.400. The molecule has 24 heavy (non-hydrogen) atoms. The highest BCUT2D eigenvalue weighted by Gasteiger charge is 2.04. The van der Waals surface area contributed by atoms with Crippen LogP contribution >= 0.6 is 0 Å². The summed E-state index contributed by atoms with van der Waals surface area (Å²) in [5.41, 5.74) is 4.82. The van der Waals surface area contributed by atoms with Crippen LogP contribution in [-0.4, -0.2) is 39.9 Å². The van der Waals surface area contributed by atoms with E-state index in [0.717, 1.165) is 25.3 Å². The van der Waals surface area contributed by atoms with Crippen molar-refractivity contribution in [2.45, 2.75) is 13.8 Å². The first kappa shape index (κ1) is 18.1. The lowest BCUT2D eigenvalue weighted by atomic mass is 10.2. The van der Waals surface area contributed by atoms with E-state index >= 15 is 0 Å². The number of benzene rings is 2. The molecule has 0 amide bonds. The first-order valence-electron chi connectivity index (χ1n) is 8.63. The number of ether oxygens (including phenoxy) is 1. The molecule has 0 aliphatic carbocycles. The van der Waals surface area contributed by atoms with Gasteiger partial charge in [0.05, 0.1) is 24.6 Å². The van der Waals surface area contributed by atoms with Gasteiger partial charge in [0.25, 0.3) is 0 Å². The summed E-state index contributed by atoms with van der Waals surface area (Å²) < 4.78 is 5.71. The summed E-state index contributed by atoms with van der Waals surface area (Å²) >= 11 is 0. The van der Waals surface area contributed by atoms with Gasteiger partial charge in [0.1, 0.15) is 0 Å². The van der Waals surface area contributed by atoms with Crippen molar-refractivity contribution >= 4 is 17.1 Å². The second-order valence-electron chi connectivity index (χ2n) is 5.81. The Hall–Kier alpha value is -2.20. The highest BCUT2D eigenvalue weighted by atomic mass is 16.5. The molecule has 0 heterocycles. The van der Waals surface area contributed by atoms with Crippen molar-refractivity contribution in [2.24, 2.45) is 0 Å². The van der Waals surface area contributed by atoms with Gasteiger partial charge in [-0.3, -0.25) is 0 Å². The zero-order chi connectivity index (χ0) is 17.2. The smallest absolute Gasteiger partial charge is 0.0639 e. The van der Waals surface area contributed by atoms with Gasteiger partial charge >= 0.3 is 0 Å². The molecule has 130 valence electrons. The van der Waals surface area contributed by atoms with Gasteiger partial charge < -0.3 is 20.3 Å². The van der Waals surface area contributed by atoms with Crippen molar-refractivity contribution in [1.29, 1.82) is 0 Å². The minimum Gasteiger partial charge on any atom is -0.383 e. The normalized spacial score (nSPS) is 10.5. The van der Waals surface area contributed by atoms with Crippen LogP contribution in [0.5, 0.6) is 0 Å². The lowest BCUT2D eigenvalue weighted by Gasteiger charge is -2.21. The van der Waals surface area contributed by atoms with Crippen molar-refractivity contribution in [3.05, 3.63) is 54.1 Å². The average molecular weight is 327 g/mol. The third-order valence-electron chi connectivity index (χ3n) is 4.06. The van der Waals surface area contributed by atoms with Gasteiger partial charge in [0.2, 0.25) is 0 Å². The maximum Gasteiger partial charge on any atom is 0.0639 e. The molecule has 0 spiro atoms. The van der Waals surface area contributed by atoms with Gasteiger partial charge in [-0.2, -0.15) is 0 Å². The van der Waals surface area contributed by atoms with Crippen LogP contribution in [0.1, 0.15) is 12.5 Å². The summed E-state index contributed by atoms with van der Waals surface area (Å²) in [5, 5.41) is 6.86. The lowest BCUT2D eigenvalue weighted by molar-refractivity contribution is 0.154. The molecule has 2 aromatic carbocycles. The molecule has 0 saturated carbocycles. The van der Waals surface area contributed by atoms with E-state index in [9.17, 15) is 0 Å². The number of hydrogen-bond donors (Lipinski definition) is 2. The molecule has 0 aliphatic rings. The monoisotopic (exact) mass is 327 g/mol. The van der Waals surface area contributed by atoms with Crippen LogP contribution in [0.3, 0.4) is 0 Å². The third-order valence-corrected chi connectivity index (χ3v) is 4.06. The average Bonchev–Trinajstić information content (AvgIpc) is 2.62. The van der Waals surface area contributed by atoms with Crippen LogP contribution in [0.15, 0.2) is 48.5 Å². The van der Waals surface area contributed by atoms with E-state index in [0.29, 0.717) is 13.2 Å². The van der Waals surface area contributed by atoms with Crippen LogP contribution in [0.4, 0.5) is 17.1 Å². The number of rotatable bonds is 10. The number of nitrogens with one attached hydrogen (secondary N) is 2. The van der Waals surface area contributed by atoms with Gasteiger partial charge in [-0.15, -0.1) is 0 Å². The zero-order valence-corrected chi connectivity index (χ0v) is 15.0. The second kappa shape index (κ2) is 9.83. The number of aryl methyl sites for hydroxylation is 1. The molecule has 4 heteroatoms. The van der Waals surface area contributed by atoms with E-state index in [1.54, 1.807) is 0 Å². The zero-order valence-electron chi connectivity index (χ0n) is 15.0. The molecule has 0 fully saturated rings. The SMILES string of the molecule is CCN(C)c1ccccc1NCCOCCNc1ccccc1C. The number of hydrogen-bond acceptors (Lipinski definition) is 4. The van der Waals surface area contributed by atoms with E-state index in [1.165, 1.54) is 16.9 Å². The number of anilines is 3. The van der Waals surface area contributed by atoms with Crippen molar-refractivity contribution in [2.75, 3.05) is 55.4 Å². The van der Waals surface area contributed by atoms with E-state index in [4.69, 9.17) is 4.74 Å². The highest BCUT2D eigenvalue weighted by molar-refractivity contribution is 5.69. The fourth-order valence-electron chi connectivity index (χ4n) is 2.52. The molecule has 0 aliphatic heterocycles. The summed E-state index contributed by atoms with van der Waals surface area (Å²) in [6, 6.07) is 16.7. The molecule has 0 unspecified atom stereocenters. The van der Waals surface area contributed by atoms with Crippen LogP contribution in [0.25, 0.3) is 0 Å². The summed E-state index contributed by atoms with van der Waals surface area (Å²) in [4.78, 5) is 2.23. The fourth-order valence-corrected chi connectivity index (χ4v) is 2.52. The molecule has 2 aromatic rings. The quantitative estimate of drug-likeness (QED) is 0.647. The summed E-state index contributed by atoms with van der Waals surface area (Å²) in [5.74, 6) is 0. The van der Waals surface area contributed by atoms with E-state index in [-0.39, 0.29) is 0 Å². The molecule has 4 nitrogen and oxygen atoms in total. The summed E-state index contributed by atoms with van der Waals surface area (Å²) in [7, 11) is 2.11. The molecule has 2 rings (SSSR count). The Labute approximate surface area is 145 Å². The Morgan fingerprint density at radius 3 is 2.12 bits per heavy atom. The number of nitrogens with zero attached hydrogens (tertiary/aromatic N) is 1. The van der Waals surface area contributed by atoms with Gasteiger partial charge in [-0.1, -0.05) is 30.3 Å². The Kier molecular flexibility index (Phi) is 7.43. The Morgan fingerprint density at radius 1 is 0.875 bits per heavy atom. The molecule has 0 aromatic heterocycles. The maximum atomic E-state index is 5.71. The summed E-state index contributed by atoms with van der Waals surface area (Å²) in [6.07, 6.45) is 0. The first-order valence-corrected chi connectivity index (χ1v) is 8.63. The molecular weight excluding hydrogens is 298 g/mol. The van der Waals surface area contributed by atoms with Crippen LogP contribution in [0.2, 0.25) is 0 Å². The highest BCUT2D eigenvalue weighted by Crippen LogP contribution is 2.23. The predicted molar refractivity (Wildman–Crippen MR) is 104 cm³/mol. The topological polar surface area (TPSA) is 36.5 Å². The van der Waals surface area contributed by atoms with Crippen molar-refractivity contribution < 1.29 is 4.74 Å². The van der Waals surface area contributed by atoms with Crippen LogP contribution < -0.4 is 15.5 Å². The van der Waals surface area contributed by atoms with Gasteiger partial charge in [0, 0.05) is 32.4 Å². The molecule has 0 atom stereocenters. The van der Waals surface area contributed by atoms with Crippen LogP contribution in [-0.2, 0) is 4.74 Å². The van der Waals surface area contributed by atoms with Gasteiger partial charge in [0.15, 0.2) is 0 Å². The van der Waals surface area contributed by atoms with E-state index in [2.05, 4.69) is 78.9 Å². The molecule has 0 radical (unpaired) electrons. The van der Waals surface area contributed by atoms with Gasteiger partial charge in [-0.05, 0) is 37.6 Å². The Bertz CT molecular complexity index is 615. The molecule has 0 bridgehead atoms. The predicted octanol–water partition coefficient (Wildman–Crippen LogP) is 3.99. The van der Waals surface area contributed by atoms with Crippen molar-refractivity contribution in [3.8, 4) is 0 Å². The molecule has 2 N–H and O–H groups in total. The van der Waals surface area contributed by atoms with Crippen molar-refractivity contribution in [3.63, 3.8) is 0 Å². The first-order chi connectivity index (χ1) is 11.7.